The van der Waals surface area contributed by atoms with E-state index in [0.717, 1.165) is 68.6 Å². The van der Waals surface area contributed by atoms with Crippen molar-refractivity contribution >= 4 is 22.6 Å². The van der Waals surface area contributed by atoms with Gasteiger partial charge in [0.25, 0.3) is 0 Å². The molecule has 3 aromatic rings. The summed E-state index contributed by atoms with van der Waals surface area (Å²) in [4.78, 5) is 11.0. The summed E-state index contributed by atoms with van der Waals surface area (Å²) in [5.74, 6) is 1.03. The molecule has 3 heterocycles. The summed E-state index contributed by atoms with van der Waals surface area (Å²) >= 11 is 0. The van der Waals surface area contributed by atoms with E-state index >= 15 is 0 Å². The predicted octanol–water partition coefficient (Wildman–Crippen LogP) is 3.16. The molecule has 1 atom stereocenters. The molecule has 1 saturated heterocycles. The third kappa shape index (κ3) is 4.98. The SMILES string of the molecule is CN(C)CCOc1cc(-c2ccc3c(c2Nc2n[nH]c(S(=O)N4CCCC4)n2)CCC3)ccn1. The molecule has 10 heteroatoms. The standard InChI is InChI=1S/C24H31N7O2S/c1-30(2)14-15-33-21-16-18(10-11-25-21)20-9-8-17-6-5-7-19(17)22(20)26-23-27-24(29-28-23)34(32)31-12-3-4-13-31/h8-11,16H,3-7,12-15H2,1-2H3,(H2,26,27,28,29). The fraction of sp³-hybridized carbons (Fsp3) is 0.458. The van der Waals surface area contributed by atoms with Gasteiger partial charge < -0.3 is 15.0 Å². The number of benzene rings is 1. The van der Waals surface area contributed by atoms with Gasteiger partial charge in [0.2, 0.25) is 17.0 Å². The highest BCUT2D eigenvalue weighted by atomic mass is 32.2. The second kappa shape index (κ2) is 10.2. The van der Waals surface area contributed by atoms with E-state index in [1.54, 1.807) is 6.20 Å². The number of rotatable bonds is 9. The zero-order valence-corrected chi connectivity index (χ0v) is 20.5. The quantitative estimate of drug-likeness (QED) is 0.484. The second-order valence-electron chi connectivity index (χ2n) is 8.99. The number of H-pyrrole nitrogens is 1. The molecule has 1 aliphatic carbocycles. The van der Waals surface area contributed by atoms with Crippen LogP contribution in [0.4, 0.5) is 11.6 Å². The lowest BCUT2D eigenvalue weighted by molar-refractivity contribution is 0.254. The van der Waals surface area contributed by atoms with Crippen LogP contribution in [0.25, 0.3) is 11.1 Å². The number of likely N-dealkylation sites (N-methyl/N-ethyl adjacent to an activating group) is 1. The first-order valence-corrected chi connectivity index (χ1v) is 12.9. The average Bonchev–Trinajstić information content (AvgIpc) is 3.60. The predicted molar refractivity (Wildman–Crippen MR) is 133 cm³/mol. The molecular weight excluding hydrogens is 450 g/mol. The Bertz CT molecular complexity index is 1170. The highest BCUT2D eigenvalue weighted by molar-refractivity contribution is 7.82. The van der Waals surface area contributed by atoms with Crippen molar-refractivity contribution < 1.29 is 8.95 Å². The molecule has 0 bridgehead atoms. The maximum absolute atomic E-state index is 12.8. The minimum atomic E-state index is -1.31. The van der Waals surface area contributed by atoms with Crippen molar-refractivity contribution in [1.82, 2.24) is 29.4 Å². The van der Waals surface area contributed by atoms with E-state index in [9.17, 15) is 4.21 Å². The minimum absolute atomic E-state index is 0.388. The van der Waals surface area contributed by atoms with Crippen molar-refractivity contribution in [3.63, 3.8) is 0 Å². The van der Waals surface area contributed by atoms with Crippen LogP contribution < -0.4 is 10.1 Å². The number of anilines is 2. The van der Waals surface area contributed by atoms with E-state index in [-0.39, 0.29) is 0 Å². The molecule has 1 aliphatic heterocycles. The number of aromatic amines is 1. The Morgan fingerprint density at radius 3 is 2.85 bits per heavy atom. The number of fused-ring (bicyclic) bond motifs is 1. The summed E-state index contributed by atoms with van der Waals surface area (Å²) in [7, 11) is 2.73. The first kappa shape index (κ1) is 22.9. The van der Waals surface area contributed by atoms with Gasteiger partial charge in [-0.25, -0.2) is 18.6 Å². The number of aryl methyl sites for hydroxylation is 1. The van der Waals surface area contributed by atoms with Crippen molar-refractivity contribution in [2.24, 2.45) is 0 Å². The molecule has 1 unspecified atom stereocenters. The molecule has 0 spiro atoms. The largest absolute Gasteiger partial charge is 0.476 e. The number of ether oxygens (including phenoxy) is 1. The van der Waals surface area contributed by atoms with Gasteiger partial charge in [-0.1, -0.05) is 12.1 Å². The monoisotopic (exact) mass is 481 g/mol. The number of pyridine rings is 1. The Morgan fingerprint density at radius 2 is 2.03 bits per heavy atom. The Balaban J connectivity index is 1.42. The maximum atomic E-state index is 12.8. The molecule has 2 aromatic heterocycles. The lowest BCUT2D eigenvalue weighted by atomic mass is 9.98. The van der Waals surface area contributed by atoms with Crippen molar-refractivity contribution in [2.75, 3.05) is 45.7 Å². The van der Waals surface area contributed by atoms with Gasteiger partial charge in [0.15, 0.2) is 11.0 Å². The summed E-state index contributed by atoms with van der Waals surface area (Å²) in [5, 5.41) is 11.0. The average molecular weight is 482 g/mol. The van der Waals surface area contributed by atoms with Crippen molar-refractivity contribution in [1.29, 1.82) is 0 Å². The van der Waals surface area contributed by atoms with Crippen LogP contribution in [0.1, 0.15) is 30.4 Å². The Morgan fingerprint density at radius 1 is 1.18 bits per heavy atom. The van der Waals surface area contributed by atoms with Crippen molar-refractivity contribution in [3.8, 4) is 17.0 Å². The third-order valence-corrected chi connectivity index (χ3v) is 7.63. The normalized spacial score (nSPS) is 16.7. The summed E-state index contributed by atoms with van der Waals surface area (Å²) < 4.78 is 20.6. The van der Waals surface area contributed by atoms with E-state index < -0.39 is 11.0 Å². The fourth-order valence-corrected chi connectivity index (χ4v) is 5.63. The molecule has 2 N–H and O–H groups in total. The van der Waals surface area contributed by atoms with Crippen LogP contribution in [0.3, 0.4) is 0 Å². The zero-order valence-electron chi connectivity index (χ0n) is 19.7. The van der Waals surface area contributed by atoms with E-state index in [2.05, 4.69) is 42.5 Å². The van der Waals surface area contributed by atoms with Gasteiger partial charge in [-0.3, -0.25) is 0 Å². The number of aromatic nitrogens is 4. The lowest BCUT2D eigenvalue weighted by Crippen LogP contribution is -2.22. The molecule has 1 fully saturated rings. The van der Waals surface area contributed by atoms with Crippen molar-refractivity contribution in [3.05, 3.63) is 41.6 Å². The number of nitrogens with one attached hydrogen (secondary N) is 2. The topological polar surface area (TPSA) is 99.3 Å². The highest BCUT2D eigenvalue weighted by Crippen LogP contribution is 2.39. The van der Waals surface area contributed by atoms with Crippen LogP contribution in [-0.2, 0) is 23.8 Å². The van der Waals surface area contributed by atoms with E-state index in [4.69, 9.17) is 4.74 Å². The van der Waals surface area contributed by atoms with E-state index in [0.29, 0.717) is 23.6 Å². The van der Waals surface area contributed by atoms with Crippen LogP contribution >= 0.6 is 0 Å². The molecule has 0 saturated carbocycles. The van der Waals surface area contributed by atoms with Crippen LogP contribution in [0.2, 0.25) is 0 Å². The molecule has 5 rings (SSSR count). The summed E-state index contributed by atoms with van der Waals surface area (Å²) in [6.45, 7) is 3.05. The van der Waals surface area contributed by atoms with Crippen molar-refractivity contribution in [2.45, 2.75) is 37.3 Å². The van der Waals surface area contributed by atoms with Gasteiger partial charge in [0, 0.05) is 37.5 Å². The highest BCUT2D eigenvalue weighted by Gasteiger charge is 2.24. The van der Waals surface area contributed by atoms with Gasteiger partial charge in [-0.2, -0.15) is 4.98 Å². The molecule has 34 heavy (non-hydrogen) atoms. The molecular formula is C24H31N7O2S. The Labute approximate surface area is 202 Å². The summed E-state index contributed by atoms with van der Waals surface area (Å²) in [6.07, 6.45) is 7.11. The summed E-state index contributed by atoms with van der Waals surface area (Å²) in [6, 6.07) is 8.32. The maximum Gasteiger partial charge on any atom is 0.247 e. The molecule has 0 amide bonds. The van der Waals surface area contributed by atoms with E-state index in [1.165, 1.54) is 11.1 Å². The molecule has 180 valence electrons. The zero-order chi connectivity index (χ0) is 23.5. The molecule has 9 nitrogen and oxygen atoms in total. The smallest absolute Gasteiger partial charge is 0.247 e. The lowest BCUT2D eigenvalue weighted by Gasteiger charge is -2.16. The van der Waals surface area contributed by atoms with Crippen LogP contribution in [-0.4, -0.2) is 73.9 Å². The molecule has 2 aliphatic rings. The molecule has 0 radical (unpaired) electrons. The first-order chi connectivity index (χ1) is 16.6. The summed E-state index contributed by atoms with van der Waals surface area (Å²) in [5.41, 5.74) is 5.70. The van der Waals surface area contributed by atoms with Gasteiger partial charge in [0.05, 0.1) is 5.69 Å². The number of hydrogen-bond acceptors (Lipinski definition) is 7. The van der Waals surface area contributed by atoms with Crippen LogP contribution in [0, 0.1) is 0 Å². The minimum Gasteiger partial charge on any atom is -0.476 e. The second-order valence-corrected chi connectivity index (χ2v) is 10.4. The first-order valence-electron chi connectivity index (χ1n) is 11.8. The Hall–Kier alpha value is -2.82. The molecule has 1 aromatic carbocycles. The van der Waals surface area contributed by atoms with Crippen LogP contribution in [0.15, 0.2) is 35.6 Å². The van der Waals surface area contributed by atoms with Gasteiger partial charge in [0.1, 0.15) is 6.61 Å². The van der Waals surface area contributed by atoms with Gasteiger partial charge >= 0.3 is 0 Å². The van der Waals surface area contributed by atoms with Gasteiger partial charge in [-0.15, -0.1) is 5.10 Å². The van der Waals surface area contributed by atoms with Gasteiger partial charge in [-0.05, 0) is 69.0 Å². The number of hydrogen-bond donors (Lipinski definition) is 2. The van der Waals surface area contributed by atoms with E-state index in [1.807, 2.05) is 30.5 Å². The fourth-order valence-electron chi connectivity index (χ4n) is 4.51. The van der Waals surface area contributed by atoms with Crippen LogP contribution in [0.5, 0.6) is 5.88 Å². The number of nitrogens with zero attached hydrogens (tertiary/aromatic N) is 5. The Kier molecular flexibility index (Phi) is 6.89. The third-order valence-electron chi connectivity index (χ3n) is 6.28.